The standard InChI is InChI=1S/C13H18N2O2/c1-8(2)15-12-6-5-10(17-4)7-11(12)14-13(15)9(3)16/h5-9,16H,1-4H3. The van der Waals surface area contributed by atoms with Crippen molar-refractivity contribution in [2.24, 2.45) is 0 Å². The summed E-state index contributed by atoms with van der Waals surface area (Å²) in [6, 6.07) is 6.04. The molecule has 4 heteroatoms. The molecule has 0 amide bonds. The highest BCUT2D eigenvalue weighted by atomic mass is 16.5. The molecule has 1 aromatic heterocycles. The van der Waals surface area contributed by atoms with Crippen LogP contribution >= 0.6 is 0 Å². The minimum absolute atomic E-state index is 0.262. The Bertz CT molecular complexity index is 529. The van der Waals surface area contributed by atoms with Gasteiger partial charge in [0.1, 0.15) is 17.7 Å². The van der Waals surface area contributed by atoms with E-state index in [1.807, 2.05) is 18.2 Å². The first-order chi connectivity index (χ1) is 8.04. The summed E-state index contributed by atoms with van der Waals surface area (Å²) in [7, 11) is 1.64. The summed E-state index contributed by atoms with van der Waals surface area (Å²) in [6.45, 7) is 5.89. The third kappa shape index (κ3) is 2.00. The van der Waals surface area contributed by atoms with Gasteiger partial charge in [0, 0.05) is 12.1 Å². The summed E-state index contributed by atoms with van der Waals surface area (Å²) in [5.41, 5.74) is 1.88. The van der Waals surface area contributed by atoms with E-state index in [0.717, 1.165) is 16.8 Å². The maximum Gasteiger partial charge on any atom is 0.138 e. The second-order valence-electron chi connectivity index (χ2n) is 4.46. The summed E-state index contributed by atoms with van der Waals surface area (Å²) >= 11 is 0. The van der Waals surface area contributed by atoms with Crippen LogP contribution in [0.5, 0.6) is 5.75 Å². The number of benzene rings is 1. The molecule has 2 aromatic rings. The Morgan fingerprint density at radius 3 is 2.53 bits per heavy atom. The van der Waals surface area contributed by atoms with Crippen LogP contribution in [0.15, 0.2) is 18.2 Å². The van der Waals surface area contributed by atoms with Crippen molar-refractivity contribution in [3.8, 4) is 5.75 Å². The van der Waals surface area contributed by atoms with Gasteiger partial charge in [0.25, 0.3) is 0 Å². The Morgan fingerprint density at radius 2 is 2.00 bits per heavy atom. The van der Waals surface area contributed by atoms with Gasteiger partial charge < -0.3 is 14.4 Å². The van der Waals surface area contributed by atoms with Gasteiger partial charge in [-0.05, 0) is 32.9 Å². The van der Waals surface area contributed by atoms with Gasteiger partial charge in [-0.3, -0.25) is 0 Å². The third-order valence-corrected chi connectivity index (χ3v) is 2.81. The Hall–Kier alpha value is -1.55. The van der Waals surface area contributed by atoms with Crippen LogP contribution in [0, 0.1) is 0 Å². The van der Waals surface area contributed by atoms with Gasteiger partial charge in [0.2, 0.25) is 0 Å². The van der Waals surface area contributed by atoms with Crippen molar-refractivity contribution in [2.75, 3.05) is 7.11 Å². The highest BCUT2D eigenvalue weighted by Gasteiger charge is 2.16. The fourth-order valence-electron chi connectivity index (χ4n) is 2.06. The van der Waals surface area contributed by atoms with Crippen LogP contribution in [0.1, 0.15) is 38.7 Å². The maximum atomic E-state index is 9.77. The van der Waals surface area contributed by atoms with Crippen LogP contribution in [0.4, 0.5) is 0 Å². The lowest BCUT2D eigenvalue weighted by Gasteiger charge is -2.14. The molecule has 1 atom stereocenters. The molecule has 1 heterocycles. The van der Waals surface area contributed by atoms with E-state index in [-0.39, 0.29) is 6.04 Å². The molecule has 0 saturated carbocycles. The number of nitrogens with zero attached hydrogens (tertiary/aromatic N) is 2. The average Bonchev–Trinajstić information content (AvgIpc) is 2.66. The topological polar surface area (TPSA) is 47.3 Å². The molecule has 1 aromatic carbocycles. The number of aliphatic hydroxyl groups is 1. The van der Waals surface area contributed by atoms with E-state index < -0.39 is 6.10 Å². The molecule has 0 aliphatic carbocycles. The van der Waals surface area contributed by atoms with Gasteiger partial charge in [0.05, 0.1) is 18.1 Å². The minimum atomic E-state index is -0.573. The number of methoxy groups -OCH3 is 1. The average molecular weight is 234 g/mol. The number of hydrogen-bond donors (Lipinski definition) is 1. The molecular weight excluding hydrogens is 216 g/mol. The second kappa shape index (κ2) is 4.37. The first-order valence-electron chi connectivity index (χ1n) is 5.78. The Kier molecular flexibility index (Phi) is 3.07. The molecule has 0 radical (unpaired) electrons. The lowest BCUT2D eigenvalue weighted by Crippen LogP contribution is -2.08. The molecule has 0 spiro atoms. The Balaban J connectivity index is 2.70. The first-order valence-corrected chi connectivity index (χ1v) is 5.78. The first kappa shape index (κ1) is 11.9. The fraction of sp³-hybridized carbons (Fsp3) is 0.462. The molecule has 1 N–H and O–H groups in total. The van der Waals surface area contributed by atoms with Crippen molar-refractivity contribution < 1.29 is 9.84 Å². The number of rotatable bonds is 3. The van der Waals surface area contributed by atoms with Crippen molar-refractivity contribution >= 4 is 11.0 Å². The molecule has 0 aliphatic heterocycles. The molecule has 17 heavy (non-hydrogen) atoms. The summed E-state index contributed by atoms with van der Waals surface area (Å²) in [6.07, 6.45) is -0.573. The summed E-state index contributed by atoms with van der Waals surface area (Å²) in [5.74, 6) is 1.48. The van der Waals surface area contributed by atoms with E-state index in [1.54, 1.807) is 14.0 Å². The van der Waals surface area contributed by atoms with Gasteiger partial charge in [-0.25, -0.2) is 4.98 Å². The van der Waals surface area contributed by atoms with Gasteiger partial charge in [-0.15, -0.1) is 0 Å². The van der Waals surface area contributed by atoms with Gasteiger partial charge >= 0.3 is 0 Å². The molecule has 92 valence electrons. The SMILES string of the molecule is COc1ccc2c(c1)nc(C(C)O)n2C(C)C. The number of aromatic nitrogens is 2. The highest BCUT2D eigenvalue weighted by Crippen LogP contribution is 2.27. The van der Waals surface area contributed by atoms with E-state index >= 15 is 0 Å². The van der Waals surface area contributed by atoms with Gasteiger partial charge in [-0.1, -0.05) is 0 Å². The third-order valence-electron chi connectivity index (χ3n) is 2.81. The van der Waals surface area contributed by atoms with Crippen molar-refractivity contribution in [2.45, 2.75) is 32.9 Å². The lowest BCUT2D eigenvalue weighted by atomic mass is 10.2. The molecular formula is C13H18N2O2. The Labute approximate surface area is 101 Å². The predicted octanol–water partition coefficient (Wildman–Crippen LogP) is 2.68. The van der Waals surface area contributed by atoms with Crippen molar-refractivity contribution in [3.05, 3.63) is 24.0 Å². The van der Waals surface area contributed by atoms with Crippen LogP contribution in [-0.2, 0) is 0 Å². The van der Waals surface area contributed by atoms with Crippen LogP contribution in [-0.4, -0.2) is 21.8 Å². The number of fused-ring (bicyclic) bond motifs is 1. The van der Waals surface area contributed by atoms with Gasteiger partial charge in [0.15, 0.2) is 0 Å². The van der Waals surface area contributed by atoms with Crippen molar-refractivity contribution in [3.63, 3.8) is 0 Å². The van der Waals surface area contributed by atoms with E-state index in [4.69, 9.17) is 4.74 Å². The molecule has 4 nitrogen and oxygen atoms in total. The van der Waals surface area contributed by atoms with Crippen LogP contribution in [0.2, 0.25) is 0 Å². The number of hydrogen-bond acceptors (Lipinski definition) is 3. The van der Waals surface area contributed by atoms with Crippen LogP contribution in [0.3, 0.4) is 0 Å². The fourth-order valence-corrected chi connectivity index (χ4v) is 2.06. The van der Waals surface area contributed by atoms with Crippen LogP contribution < -0.4 is 4.74 Å². The van der Waals surface area contributed by atoms with Crippen LogP contribution in [0.25, 0.3) is 11.0 Å². The maximum absolute atomic E-state index is 9.77. The number of imidazole rings is 1. The molecule has 2 rings (SSSR count). The second-order valence-corrected chi connectivity index (χ2v) is 4.46. The van der Waals surface area contributed by atoms with E-state index in [0.29, 0.717) is 5.82 Å². The quantitative estimate of drug-likeness (QED) is 0.888. The highest BCUT2D eigenvalue weighted by molar-refractivity contribution is 5.78. The molecule has 1 unspecified atom stereocenters. The number of ether oxygens (including phenoxy) is 1. The zero-order chi connectivity index (χ0) is 12.6. The molecule has 0 aliphatic rings. The monoisotopic (exact) mass is 234 g/mol. The number of aliphatic hydroxyl groups excluding tert-OH is 1. The molecule has 0 saturated heterocycles. The van der Waals surface area contributed by atoms with Gasteiger partial charge in [-0.2, -0.15) is 0 Å². The Morgan fingerprint density at radius 1 is 1.29 bits per heavy atom. The zero-order valence-electron chi connectivity index (χ0n) is 10.6. The van der Waals surface area contributed by atoms with E-state index in [1.165, 1.54) is 0 Å². The smallest absolute Gasteiger partial charge is 0.138 e. The molecule has 0 fully saturated rings. The summed E-state index contributed by atoms with van der Waals surface area (Å²) in [5, 5.41) is 9.77. The largest absolute Gasteiger partial charge is 0.497 e. The predicted molar refractivity (Wildman–Crippen MR) is 67.3 cm³/mol. The van der Waals surface area contributed by atoms with E-state index in [2.05, 4.69) is 23.4 Å². The normalized spacial score (nSPS) is 13.3. The van der Waals surface area contributed by atoms with Crippen molar-refractivity contribution in [1.82, 2.24) is 9.55 Å². The zero-order valence-corrected chi connectivity index (χ0v) is 10.6. The summed E-state index contributed by atoms with van der Waals surface area (Å²) < 4.78 is 7.24. The lowest BCUT2D eigenvalue weighted by molar-refractivity contribution is 0.182. The van der Waals surface area contributed by atoms with E-state index in [9.17, 15) is 5.11 Å². The van der Waals surface area contributed by atoms with Crippen molar-refractivity contribution in [1.29, 1.82) is 0 Å². The summed E-state index contributed by atoms with van der Waals surface area (Å²) in [4.78, 5) is 4.47. The molecule has 0 bridgehead atoms. The minimum Gasteiger partial charge on any atom is -0.497 e.